The second kappa shape index (κ2) is 6.36. The van der Waals surface area contributed by atoms with Gasteiger partial charge in [0.15, 0.2) is 0 Å². The van der Waals surface area contributed by atoms with Gasteiger partial charge in [-0.1, -0.05) is 6.07 Å². The summed E-state index contributed by atoms with van der Waals surface area (Å²) in [6.45, 7) is 7.95. The number of aromatic carboxylic acids is 1. The molecule has 0 radical (unpaired) electrons. The van der Waals surface area contributed by atoms with E-state index < -0.39 is 16.0 Å². The van der Waals surface area contributed by atoms with Crippen molar-refractivity contribution in [1.29, 1.82) is 0 Å². The van der Waals surface area contributed by atoms with Crippen LogP contribution in [0.5, 0.6) is 0 Å². The molecule has 1 heterocycles. The summed E-state index contributed by atoms with van der Waals surface area (Å²) in [5.41, 5.74) is 0.322. The maximum absolute atomic E-state index is 12.8. The number of carboxylic acid groups (broad SMARTS) is 1. The molecule has 0 bridgehead atoms. The molecule has 1 aliphatic heterocycles. The molecule has 22 heavy (non-hydrogen) atoms. The van der Waals surface area contributed by atoms with Crippen molar-refractivity contribution in [1.82, 2.24) is 9.21 Å². The first kappa shape index (κ1) is 16.9. The number of rotatable bonds is 4. The lowest BCUT2D eigenvalue weighted by Gasteiger charge is -2.36. The van der Waals surface area contributed by atoms with Crippen LogP contribution in [0, 0.1) is 6.92 Å². The summed E-state index contributed by atoms with van der Waals surface area (Å²) in [5.74, 6) is -1.11. The molecule has 0 aliphatic carbocycles. The Morgan fingerprint density at radius 3 is 2.27 bits per heavy atom. The molecule has 6 nitrogen and oxygen atoms in total. The zero-order valence-corrected chi connectivity index (χ0v) is 13.9. The largest absolute Gasteiger partial charge is 0.478 e. The third-order valence-electron chi connectivity index (χ3n) is 4.14. The number of carboxylic acids is 1. The minimum absolute atomic E-state index is 0.0295. The molecular weight excluding hydrogens is 304 g/mol. The van der Waals surface area contributed by atoms with Crippen molar-refractivity contribution >= 4 is 16.0 Å². The highest BCUT2D eigenvalue weighted by atomic mass is 32.2. The number of hydrogen-bond donors (Lipinski definition) is 1. The number of carbonyl (C=O) groups is 1. The Hall–Kier alpha value is -1.44. The van der Waals surface area contributed by atoms with Crippen molar-refractivity contribution < 1.29 is 18.3 Å². The minimum atomic E-state index is -3.65. The summed E-state index contributed by atoms with van der Waals surface area (Å²) < 4.78 is 27.0. The molecule has 1 saturated heterocycles. The average Bonchev–Trinajstić information content (AvgIpc) is 2.47. The van der Waals surface area contributed by atoms with Crippen LogP contribution in [0.2, 0.25) is 0 Å². The molecule has 0 aromatic heterocycles. The van der Waals surface area contributed by atoms with E-state index in [9.17, 15) is 13.2 Å². The van der Waals surface area contributed by atoms with Crippen LogP contribution in [0.15, 0.2) is 23.1 Å². The summed E-state index contributed by atoms with van der Waals surface area (Å²) >= 11 is 0. The van der Waals surface area contributed by atoms with E-state index in [0.717, 1.165) is 0 Å². The van der Waals surface area contributed by atoms with E-state index in [1.165, 1.54) is 22.5 Å². The Morgan fingerprint density at radius 1 is 1.18 bits per heavy atom. The summed E-state index contributed by atoms with van der Waals surface area (Å²) in [6.07, 6.45) is 0. The standard InChI is InChI=1S/C15H22N2O4S/c1-11(2)16-7-9-17(10-8-16)22(20,21)14-6-4-5-13(12(14)3)15(18)19/h4-6,11H,7-10H2,1-3H3,(H,18,19). The number of nitrogens with zero attached hydrogens (tertiary/aromatic N) is 2. The average molecular weight is 326 g/mol. The first-order valence-corrected chi connectivity index (χ1v) is 8.76. The van der Waals surface area contributed by atoms with Gasteiger partial charge in [0.1, 0.15) is 0 Å². The Balaban J connectivity index is 2.29. The van der Waals surface area contributed by atoms with Gasteiger partial charge in [-0.3, -0.25) is 4.90 Å². The van der Waals surface area contributed by atoms with Crippen molar-refractivity contribution in [2.24, 2.45) is 0 Å². The van der Waals surface area contributed by atoms with Gasteiger partial charge >= 0.3 is 5.97 Å². The molecule has 1 aliphatic rings. The molecule has 2 rings (SSSR count). The van der Waals surface area contributed by atoms with Gasteiger partial charge in [-0.2, -0.15) is 4.31 Å². The summed E-state index contributed by atoms with van der Waals surface area (Å²) in [4.78, 5) is 13.5. The Kier molecular flexibility index (Phi) is 4.89. The topological polar surface area (TPSA) is 77.9 Å². The van der Waals surface area contributed by atoms with Gasteiger partial charge in [0.2, 0.25) is 10.0 Å². The molecular formula is C15H22N2O4S. The zero-order valence-electron chi connectivity index (χ0n) is 13.1. The lowest BCUT2D eigenvalue weighted by Crippen LogP contribution is -2.50. The van der Waals surface area contributed by atoms with Crippen molar-refractivity contribution in [2.75, 3.05) is 26.2 Å². The molecule has 0 atom stereocenters. The fourth-order valence-electron chi connectivity index (χ4n) is 2.73. The predicted molar refractivity (Wildman–Crippen MR) is 83.6 cm³/mol. The molecule has 1 N–H and O–H groups in total. The van der Waals surface area contributed by atoms with Crippen LogP contribution in [0.4, 0.5) is 0 Å². The van der Waals surface area contributed by atoms with Gasteiger partial charge in [-0.05, 0) is 38.5 Å². The SMILES string of the molecule is Cc1c(C(=O)O)cccc1S(=O)(=O)N1CCN(C(C)C)CC1. The normalized spacial score (nSPS) is 17.8. The first-order chi connectivity index (χ1) is 10.2. The predicted octanol–water partition coefficient (Wildman–Crippen LogP) is 1.41. The maximum atomic E-state index is 12.8. The number of hydrogen-bond acceptors (Lipinski definition) is 4. The Bertz CT molecular complexity index is 662. The molecule has 1 aromatic rings. The smallest absolute Gasteiger partial charge is 0.335 e. The summed E-state index contributed by atoms with van der Waals surface area (Å²) in [7, 11) is -3.65. The monoisotopic (exact) mass is 326 g/mol. The van der Waals surface area contributed by atoms with Crippen LogP contribution in [0.25, 0.3) is 0 Å². The zero-order chi connectivity index (χ0) is 16.5. The van der Waals surface area contributed by atoms with Crippen LogP contribution in [0.3, 0.4) is 0 Å². The van der Waals surface area contributed by atoms with E-state index in [1.54, 1.807) is 6.92 Å². The third-order valence-corrected chi connectivity index (χ3v) is 6.18. The van der Waals surface area contributed by atoms with Gasteiger partial charge in [-0.15, -0.1) is 0 Å². The highest BCUT2D eigenvalue weighted by Crippen LogP contribution is 2.24. The quantitative estimate of drug-likeness (QED) is 0.905. The minimum Gasteiger partial charge on any atom is -0.478 e. The fourth-order valence-corrected chi connectivity index (χ4v) is 4.39. The van der Waals surface area contributed by atoms with Gasteiger partial charge in [0.25, 0.3) is 0 Å². The first-order valence-electron chi connectivity index (χ1n) is 7.32. The Labute approximate surface area is 131 Å². The lowest BCUT2D eigenvalue weighted by molar-refractivity contribution is 0.0695. The second-order valence-electron chi connectivity index (χ2n) is 5.77. The van der Waals surface area contributed by atoms with Crippen molar-refractivity contribution in [3.63, 3.8) is 0 Å². The summed E-state index contributed by atoms with van der Waals surface area (Å²) in [6, 6.07) is 4.77. The highest BCUT2D eigenvalue weighted by molar-refractivity contribution is 7.89. The van der Waals surface area contributed by atoms with Crippen LogP contribution >= 0.6 is 0 Å². The Morgan fingerprint density at radius 2 is 1.77 bits per heavy atom. The van der Waals surface area contributed by atoms with Crippen LogP contribution in [0.1, 0.15) is 29.8 Å². The number of sulfonamides is 1. The van der Waals surface area contributed by atoms with Crippen LogP contribution in [-0.2, 0) is 10.0 Å². The van der Waals surface area contributed by atoms with Gasteiger partial charge < -0.3 is 5.11 Å². The van der Waals surface area contributed by atoms with E-state index in [1.807, 2.05) is 0 Å². The van der Waals surface area contributed by atoms with Crippen LogP contribution in [-0.4, -0.2) is 60.9 Å². The van der Waals surface area contributed by atoms with Crippen molar-refractivity contribution in [3.05, 3.63) is 29.3 Å². The number of piperazine rings is 1. The number of benzene rings is 1. The van der Waals surface area contributed by atoms with Gasteiger partial charge in [0, 0.05) is 32.2 Å². The van der Waals surface area contributed by atoms with E-state index in [-0.39, 0.29) is 10.5 Å². The van der Waals surface area contributed by atoms with Gasteiger partial charge in [-0.25, -0.2) is 13.2 Å². The summed E-state index contributed by atoms with van der Waals surface area (Å²) in [5, 5.41) is 9.15. The van der Waals surface area contributed by atoms with Crippen LogP contribution < -0.4 is 0 Å². The van der Waals surface area contributed by atoms with E-state index in [4.69, 9.17) is 5.11 Å². The molecule has 0 spiro atoms. The van der Waals surface area contributed by atoms with Crippen molar-refractivity contribution in [2.45, 2.75) is 31.7 Å². The second-order valence-corrected chi connectivity index (χ2v) is 7.67. The van der Waals surface area contributed by atoms with E-state index >= 15 is 0 Å². The lowest BCUT2D eigenvalue weighted by atomic mass is 10.1. The molecule has 0 amide bonds. The maximum Gasteiger partial charge on any atom is 0.335 e. The van der Waals surface area contributed by atoms with Gasteiger partial charge in [0.05, 0.1) is 10.5 Å². The van der Waals surface area contributed by atoms with Crippen molar-refractivity contribution in [3.8, 4) is 0 Å². The molecule has 1 fully saturated rings. The van der Waals surface area contributed by atoms with E-state index in [2.05, 4.69) is 18.7 Å². The fraction of sp³-hybridized carbons (Fsp3) is 0.533. The molecule has 122 valence electrons. The molecule has 7 heteroatoms. The molecule has 1 aromatic carbocycles. The third kappa shape index (κ3) is 3.16. The van der Waals surface area contributed by atoms with E-state index in [0.29, 0.717) is 37.8 Å². The molecule has 0 saturated carbocycles. The molecule has 0 unspecified atom stereocenters. The highest BCUT2D eigenvalue weighted by Gasteiger charge is 2.31.